The van der Waals surface area contributed by atoms with E-state index in [-0.39, 0.29) is 48.3 Å². The van der Waals surface area contributed by atoms with Crippen LogP contribution < -0.4 is 0 Å². The van der Waals surface area contributed by atoms with Crippen molar-refractivity contribution in [3.05, 3.63) is 49.6 Å². The normalized spacial score (nSPS) is 28.4. The van der Waals surface area contributed by atoms with Gasteiger partial charge in [0.1, 0.15) is 23.8 Å². The molecule has 3 amide bonds. The Morgan fingerprint density at radius 3 is 2.56 bits per heavy atom. The summed E-state index contributed by atoms with van der Waals surface area (Å²) in [6.45, 7) is 14.3. The highest BCUT2D eigenvalue weighted by Crippen LogP contribution is 2.61. The third kappa shape index (κ3) is 5.10. The zero-order valence-corrected chi connectivity index (χ0v) is 26.6. The van der Waals surface area contributed by atoms with Crippen LogP contribution in [0, 0.1) is 17.8 Å². The average molecular weight is 658 g/mol. The summed E-state index contributed by atoms with van der Waals surface area (Å²) in [6.07, 6.45) is 3.87. The first-order valence-electron chi connectivity index (χ1n) is 15.0. The van der Waals surface area contributed by atoms with Crippen molar-refractivity contribution in [1.82, 2.24) is 29.7 Å². The molecule has 12 heteroatoms. The van der Waals surface area contributed by atoms with Crippen molar-refractivity contribution in [2.45, 2.75) is 68.9 Å². The molecule has 1 aromatic heterocycles. The third-order valence-corrected chi connectivity index (χ3v) is 9.95. The summed E-state index contributed by atoms with van der Waals surface area (Å²) >= 11 is 3.75. The number of likely N-dealkylation sites (tertiary alicyclic amines) is 1. The lowest BCUT2D eigenvalue weighted by Gasteiger charge is -2.40. The lowest BCUT2D eigenvalue weighted by atomic mass is 9.70. The Morgan fingerprint density at radius 2 is 1.91 bits per heavy atom. The second-order valence-corrected chi connectivity index (χ2v) is 13.2. The molecule has 3 saturated heterocycles. The zero-order chi connectivity index (χ0) is 31.1. The van der Waals surface area contributed by atoms with E-state index in [1.807, 2.05) is 45.0 Å². The second-order valence-electron chi connectivity index (χ2n) is 12.0. The number of para-hydroxylation sites is 1. The van der Waals surface area contributed by atoms with Crippen LogP contribution in [0.3, 0.4) is 0 Å². The Bertz CT molecular complexity index is 1400. The highest BCUT2D eigenvalue weighted by atomic mass is 79.9. The fourth-order valence-electron chi connectivity index (χ4n) is 7.26. The predicted octanol–water partition coefficient (Wildman–Crippen LogP) is 2.59. The Hall–Kier alpha value is -3.09. The molecule has 0 aliphatic carbocycles. The number of benzene rings is 1. The monoisotopic (exact) mass is 656 g/mol. The van der Waals surface area contributed by atoms with Gasteiger partial charge in [-0.25, -0.2) is 4.68 Å². The number of nitrogens with zero attached hydrogens (tertiary/aromatic N) is 6. The van der Waals surface area contributed by atoms with E-state index >= 15 is 0 Å². The molecule has 2 bridgehead atoms. The maximum Gasteiger partial charge on any atom is 0.250 e. The number of fused-ring (bicyclic) bond motifs is 2. The average Bonchev–Trinajstić information content (AvgIpc) is 3.70. The quantitative estimate of drug-likeness (QED) is 0.260. The molecule has 3 unspecified atom stereocenters. The highest BCUT2D eigenvalue weighted by Gasteiger charge is 2.77. The number of carbonyl (C=O) groups is 3. The van der Waals surface area contributed by atoms with Gasteiger partial charge >= 0.3 is 0 Å². The summed E-state index contributed by atoms with van der Waals surface area (Å²) < 4.78 is 8.35. The first-order valence-corrected chi connectivity index (χ1v) is 15.9. The number of rotatable bonds is 13. The van der Waals surface area contributed by atoms with E-state index in [0.29, 0.717) is 25.0 Å². The maximum absolute atomic E-state index is 14.8. The number of alkyl halides is 1. The van der Waals surface area contributed by atoms with Gasteiger partial charge in [-0.05, 0) is 30.9 Å². The number of hydrogen-bond donors (Lipinski definition) is 1. The molecule has 0 radical (unpaired) electrons. The molecule has 11 nitrogen and oxygen atoms in total. The molecular weight excluding hydrogens is 616 g/mol. The fourth-order valence-corrected chi connectivity index (χ4v) is 8.21. The van der Waals surface area contributed by atoms with Gasteiger partial charge < -0.3 is 24.5 Å². The predicted molar refractivity (Wildman–Crippen MR) is 165 cm³/mol. The SMILES string of the molecule is C=CCN(Cn1nnc2ccccc21)C(=O)C1N([C@@H](CO)C(C)C)C(=O)[C@@H]2[C@@H](C(=O)N(CC=C)CCC)[C@@H]3OC12CC3Br. The number of ether oxygens (including phenoxy) is 1. The Labute approximate surface area is 260 Å². The maximum atomic E-state index is 14.8. The molecule has 3 aliphatic rings. The summed E-state index contributed by atoms with van der Waals surface area (Å²) in [7, 11) is 0. The van der Waals surface area contributed by atoms with E-state index in [0.717, 1.165) is 11.9 Å². The molecule has 2 aromatic rings. The Kier molecular flexibility index (Phi) is 9.10. The van der Waals surface area contributed by atoms with E-state index in [1.165, 1.54) is 4.90 Å². The van der Waals surface area contributed by atoms with Gasteiger partial charge in [0.15, 0.2) is 0 Å². The number of aliphatic hydroxyl groups is 1. The van der Waals surface area contributed by atoms with Crippen molar-refractivity contribution in [3.8, 4) is 0 Å². The molecule has 1 aromatic carbocycles. The van der Waals surface area contributed by atoms with Crippen molar-refractivity contribution in [2.24, 2.45) is 17.8 Å². The van der Waals surface area contributed by atoms with Crippen LogP contribution in [0.15, 0.2) is 49.6 Å². The van der Waals surface area contributed by atoms with Gasteiger partial charge in [0.05, 0.1) is 36.1 Å². The third-order valence-electron chi connectivity index (χ3n) is 9.10. The van der Waals surface area contributed by atoms with E-state index in [1.54, 1.807) is 26.6 Å². The molecule has 43 heavy (non-hydrogen) atoms. The lowest BCUT2D eigenvalue weighted by molar-refractivity contribution is -0.153. The topological polar surface area (TPSA) is 121 Å². The van der Waals surface area contributed by atoms with Crippen LogP contribution in [-0.2, 0) is 25.8 Å². The Balaban J connectivity index is 1.59. The van der Waals surface area contributed by atoms with Crippen LogP contribution in [0.2, 0.25) is 0 Å². The van der Waals surface area contributed by atoms with E-state index in [9.17, 15) is 19.5 Å². The minimum absolute atomic E-state index is 0.0727. The van der Waals surface area contributed by atoms with Gasteiger partial charge in [-0.1, -0.05) is 66.2 Å². The van der Waals surface area contributed by atoms with Crippen LogP contribution in [0.4, 0.5) is 0 Å². The van der Waals surface area contributed by atoms with Crippen molar-refractivity contribution >= 4 is 44.7 Å². The smallest absolute Gasteiger partial charge is 0.250 e. The standard InChI is InChI=1S/C31H41BrN6O5/c1-6-13-35(14-7-2)28(40)24-25-29(41)38(23(17-39)19(4)5)27(31(25)16-20(32)26(24)43-31)30(42)36(15-8-3)18-37-22-12-10-9-11-21(22)33-34-37/h6,8-12,19-20,23-27,39H,1,3,7,13-18H2,2,4-5H3/t20?,23-,24+,25-,26+,27?,31?/m0/s1. The summed E-state index contributed by atoms with van der Waals surface area (Å²) in [5.74, 6) is -2.63. The van der Waals surface area contributed by atoms with Gasteiger partial charge in [-0.15, -0.1) is 18.3 Å². The van der Waals surface area contributed by atoms with Gasteiger partial charge in [-0.3, -0.25) is 14.4 Å². The van der Waals surface area contributed by atoms with E-state index in [2.05, 4.69) is 39.4 Å². The zero-order valence-electron chi connectivity index (χ0n) is 25.0. The van der Waals surface area contributed by atoms with E-state index in [4.69, 9.17) is 4.74 Å². The Morgan fingerprint density at radius 1 is 1.21 bits per heavy atom. The van der Waals surface area contributed by atoms with Crippen molar-refractivity contribution in [2.75, 3.05) is 26.2 Å². The van der Waals surface area contributed by atoms with Crippen LogP contribution in [0.25, 0.3) is 11.0 Å². The molecule has 7 atom stereocenters. The van der Waals surface area contributed by atoms with Gasteiger partial charge in [0.25, 0.3) is 0 Å². The second kappa shape index (κ2) is 12.5. The number of carbonyl (C=O) groups excluding carboxylic acids is 3. The number of aliphatic hydroxyl groups excluding tert-OH is 1. The number of hydrogen-bond acceptors (Lipinski definition) is 7. The first-order chi connectivity index (χ1) is 20.6. The minimum atomic E-state index is -1.24. The summed E-state index contributed by atoms with van der Waals surface area (Å²) in [6, 6.07) is 5.78. The largest absolute Gasteiger partial charge is 0.394 e. The molecule has 3 aliphatic heterocycles. The molecule has 4 heterocycles. The van der Waals surface area contributed by atoms with Crippen LogP contribution in [-0.4, -0.2) is 107 Å². The van der Waals surface area contributed by atoms with Crippen LogP contribution in [0.5, 0.6) is 0 Å². The van der Waals surface area contributed by atoms with Crippen LogP contribution in [0.1, 0.15) is 33.6 Å². The molecule has 3 fully saturated rings. The van der Waals surface area contributed by atoms with Gasteiger partial charge in [-0.2, -0.15) is 0 Å². The van der Waals surface area contributed by atoms with Crippen molar-refractivity contribution < 1.29 is 24.2 Å². The van der Waals surface area contributed by atoms with Crippen molar-refractivity contribution in [1.29, 1.82) is 0 Å². The summed E-state index contributed by atoms with van der Waals surface area (Å²) in [4.78, 5) is 48.0. The molecule has 1 N–H and O–H groups in total. The number of amides is 3. The van der Waals surface area contributed by atoms with Gasteiger partial charge in [0.2, 0.25) is 17.7 Å². The fraction of sp³-hybridized carbons (Fsp3) is 0.581. The first kappa shape index (κ1) is 31.3. The van der Waals surface area contributed by atoms with E-state index < -0.39 is 35.6 Å². The summed E-state index contributed by atoms with van der Waals surface area (Å²) in [5, 5.41) is 19.0. The molecule has 0 saturated carbocycles. The molecule has 232 valence electrons. The highest BCUT2D eigenvalue weighted by molar-refractivity contribution is 9.09. The minimum Gasteiger partial charge on any atom is -0.394 e. The molecular formula is C31H41BrN6O5. The summed E-state index contributed by atoms with van der Waals surface area (Å²) in [5.41, 5.74) is 0.214. The lowest BCUT2D eigenvalue weighted by Crippen LogP contribution is -2.60. The molecule has 5 rings (SSSR count). The number of halogens is 1. The number of aromatic nitrogens is 3. The van der Waals surface area contributed by atoms with Gasteiger partial charge in [0, 0.05) is 24.5 Å². The van der Waals surface area contributed by atoms with Crippen molar-refractivity contribution in [3.63, 3.8) is 0 Å². The molecule has 1 spiro atoms. The van der Waals surface area contributed by atoms with Crippen LogP contribution >= 0.6 is 15.9 Å².